The van der Waals surface area contributed by atoms with E-state index in [-0.39, 0.29) is 15.5 Å². The number of halogens is 3. The van der Waals surface area contributed by atoms with Crippen LogP contribution in [0.3, 0.4) is 0 Å². The number of anilines is 1. The molecular formula is C15H17Cl2FN2. The van der Waals surface area contributed by atoms with Crippen molar-refractivity contribution < 1.29 is 4.39 Å². The van der Waals surface area contributed by atoms with Crippen LogP contribution >= 0.6 is 23.2 Å². The summed E-state index contributed by atoms with van der Waals surface area (Å²) >= 11 is 11.9. The minimum Gasteiger partial charge on any atom is -0.370 e. The molecule has 1 aromatic heterocycles. The maximum absolute atomic E-state index is 13.8. The van der Waals surface area contributed by atoms with Crippen LogP contribution in [0.5, 0.6) is 0 Å². The molecule has 2 aromatic rings. The Morgan fingerprint density at radius 2 is 1.90 bits per heavy atom. The minimum atomic E-state index is -0.598. The van der Waals surface area contributed by atoms with Gasteiger partial charge in [0.2, 0.25) is 0 Å². The van der Waals surface area contributed by atoms with Gasteiger partial charge in [-0.1, -0.05) is 44.0 Å². The molecule has 1 heterocycles. The van der Waals surface area contributed by atoms with Gasteiger partial charge in [-0.25, -0.2) is 9.37 Å². The molecule has 0 radical (unpaired) electrons. The highest BCUT2D eigenvalue weighted by molar-refractivity contribution is 6.38. The van der Waals surface area contributed by atoms with Crippen molar-refractivity contribution in [3.63, 3.8) is 0 Å². The van der Waals surface area contributed by atoms with Crippen molar-refractivity contribution in [3.8, 4) is 0 Å². The third-order valence-electron chi connectivity index (χ3n) is 3.11. The molecule has 0 spiro atoms. The number of aromatic nitrogens is 1. The third kappa shape index (κ3) is 2.70. The first kappa shape index (κ1) is 15.3. The quantitative estimate of drug-likeness (QED) is 0.750. The topological polar surface area (TPSA) is 24.9 Å². The zero-order valence-electron chi connectivity index (χ0n) is 11.9. The molecule has 0 saturated carbocycles. The van der Waals surface area contributed by atoms with E-state index >= 15 is 0 Å². The molecule has 0 aliphatic carbocycles. The van der Waals surface area contributed by atoms with Crippen molar-refractivity contribution >= 4 is 39.9 Å². The summed E-state index contributed by atoms with van der Waals surface area (Å²) in [5.74, 6) is 0.185. The van der Waals surface area contributed by atoms with Crippen LogP contribution in [-0.2, 0) is 5.41 Å². The molecule has 0 saturated heterocycles. The van der Waals surface area contributed by atoms with E-state index < -0.39 is 5.82 Å². The molecule has 1 N–H and O–H groups in total. The predicted octanol–water partition coefficient (Wildman–Crippen LogP) is 5.41. The van der Waals surface area contributed by atoms with Crippen molar-refractivity contribution in [3.05, 3.63) is 33.6 Å². The Hall–Kier alpha value is -1.06. The summed E-state index contributed by atoms with van der Waals surface area (Å²) in [6.07, 6.45) is 0. The lowest BCUT2D eigenvalue weighted by Gasteiger charge is -2.23. The lowest BCUT2D eigenvalue weighted by molar-refractivity contribution is 0.590. The van der Waals surface area contributed by atoms with E-state index in [4.69, 9.17) is 23.2 Å². The highest BCUT2D eigenvalue weighted by atomic mass is 35.5. The van der Waals surface area contributed by atoms with Crippen LogP contribution in [0.4, 0.5) is 10.2 Å². The van der Waals surface area contributed by atoms with Crippen molar-refractivity contribution in [1.29, 1.82) is 0 Å². The summed E-state index contributed by atoms with van der Waals surface area (Å²) in [5.41, 5.74) is 1.46. The molecule has 0 aliphatic heterocycles. The summed E-state index contributed by atoms with van der Waals surface area (Å²) in [5, 5.41) is 3.83. The Bertz CT molecular complexity index is 663. The molecule has 1 aromatic carbocycles. The van der Waals surface area contributed by atoms with Crippen molar-refractivity contribution in [2.75, 3.05) is 11.9 Å². The van der Waals surface area contributed by atoms with Gasteiger partial charge >= 0.3 is 0 Å². The monoisotopic (exact) mass is 314 g/mol. The molecule has 0 fully saturated rings. The number of hydrogen-bond donors (Lipinski definition) is 1. The number of hydrogen-bond acceptors (Lipinski definition) is 2. The number of pyridine rings is 1. The van der Waals surface area contributed by atoms with Gasteiger partial charge in [0.25, 0.3) is 0 Å². The third-order valence-corrected chi connectivity index (χ3v) is 3.75. The second-order valence-electron chi connectivity index (χ2n) is 5.72. The van der Waals surface area contributed by atoms with Gasteiger partial charge < -0.3 is 5.32 Å². The summed E-state index contributed by atoms with van der Waals surface area (Å²) in [6, 6.07) is 3.40. The standard InChI is InChI=1S/C15H17Cl2FN2/c1-5-19-14-9(15(2,3)4)6-8-11(20-14)7-10(16)13(18)12(8)17/h6-7H,5H2,1-4H3,(H,19,20). The molecule has 108 valence electrons. The highest BCUT2D eigenvalue weighted by Gasteiger charge is 2.22. The van der Waals surface area contributed by atoms with Crippen molar-refractivity contribution in [1.82, 2.24) is 4.98 Å². The predicted molar refractivity (Wildman–Crippen MR) is 84.6 cm³/mol. The second kappa shape index (κ2) is 5.38. The van der Waals surface area contributed by atoms with Gasteiger partial charge in [0, 0.05) is 17.5 Å². The average Bonchev–Trinajstić information content (AvgIpc) is 2.34. The Morgan fingerprint density at radius 3 is 2.45 bits per heavy atom. The lowest BCUT2D eigenvalue weighted by Crippen LogP contribution is -2.16. The van der Waals surface area contributed by atoms with Gasteiger partial charge in [0.1, 0.15) is 5.82 Å². The average molecular weight is 315 g/mol. The van der Waals surface area contributed by atoms with Crippen LogP contribution in [0, 0.1) is 5.82 Å². The van der Waals surface area contributed by atoms with Gasteiger partial charge in [-0.15, -0.1) is 0 Å². The Balaban J connectivity index is 2.82. The van der Waals surface area contributed by atoms with E-state index in [1.54, 1.807) is 0 Å². The molecule has 0 aliphatic rings. The normalized spacial score (nSPS) is 11.9. The van der Waals surface area contributed by atoms with Gasteiger partial charge in [-0.05, 0) is 24.5 Å². The molecule has 2 rings (SSSR count). The second-order valence-corrected chi connectivity index (χ2v) is 6.50. The fourth-order valence-corrected chi connectivity index (χ4v) is 2.59. The first-order valence-corrected chi connectivity index (χ1v) is 7.24. The summed E-state index contributed by atoms with van der Waals surface area (Å²) in [4.78, 5) is 4.55. The zero-order chi connectivity index (χ0) is 15.1. The van der Waals surface area contributed by atoms with Crippen LogP contribution in [0.25, 0.3) is 10.9 Å². The van der Waals surface area contributed by atoms with Gasteiger partial charge in [0.15, 0.2) is 5.82 Å². The molecule has 0 atom stereocenters. The van der Waals surface area contributed by atoms with E-state index in [9.17, 15) is 4.39 Å². The first-order chi connectivity index (χ1) is 9.25. The maximum Gasteiger partial charge on any atom is 0.161 e. The lowest BCUT2D eigenvalue weighted by atomic mass is 9.86. The zero-order valence-corrected chi connectivity index (χ0v) is 13.5. The van der Waals surface area contributed by atoms with Gasteiger partial charge in [-0.3, -0.25) is 0 Å². The fraction of sp³-hybridized carbons (Fsp3) is 0.400. The largest absolute Gasteiger partial charge is 0.370 e. The Kier molecular flexibility index (Phi) is 4.12. The molecule has 0 bridgehead atoms. The summed E-state index contributed by atoms with van der Waals surface area (Å²) < 4.78 is 13.8. The molecule has 2 nitrogen and oxygen atoms in total. The summed E-state index contributed by atoms with van der Waals surface area (Å²) in [7, 11) is 0. The molecule has 5 heteroatoms. The number of benzene rings is 1. The molecular weight excluding hydrogens is 298 g/mol. The SMILES string of the molecule is CCNc1nc2cc(Cl)c(F)c(Cl)c2cc1C(C)(C)C. The smallest absolute Gasteiger partial charge is 0.161 e. The van der Waals surface area contributed by atoms with E-state index in [0.717, 1.165) is 17.9 Å². The molecule has 0 unspecified atom stereocenters. The molecule has 0 amide bonds. The van der Waals surface area contributed by atoms with E-state index in [1.165, 1.54) is 6.07 Å². The van der Waals surface area contributed by atoms with E-state index in [0.29, 0.717) is 10.9 Å². The van der Waals surface area contributed by atoms with Crippen LogP contribution in [0.15, 0.2) is 12.1 Å². The van der Waals surface area contributed by atoms with E-state index in [2.05, 4.69) is 31.1 Å². The van der Waals surface area contributed by atoms with Crippen LogP contribution in [0.1, 0.15) is 33.3 Å². The number of nitrogens with zero attached hydrogens (tertiary/aromatic N) is 1. The summed E-state index contributed by atoms with van der Waals surface area (Å²) in [6.45, 7) is 9.00. The van der Waals surface area contributed by atoms with Crippen LogP contribution in [-0.4, -0.2) is 11.5 Å². The fourth-order valence-electron chi connectivity index (χ4n) is 2.09. The van der Waals surface area contributed by atoms with Crippen LogP contribution < -0.4 is 5.32 Å². The Morgan fingerprint density at radius 1 is 1.25 bits per heavy atom. The molecule has 20 heavy (non-hydrogen) atoms. The Labute approximate surface area is 128 Å². The number of fused-ring (bicyclic) bond motifs is 1. The van der Waals surface area contributed by atoms with Crippen molar-refractivity contribution in [2.24, 2.45) is 0 Å². The van der Waals surface area contributed by atoms with E-state index in [1.807, 2.05) is 13.0 Å². The first-order valence-electron chi connectivity index (χ1n) is 6.48. The maximum atomic E-state index is 13.8. The highest BCUT2D eigenvalue weighted by Crippen LogP contribution is 2.36. The number of rotatable bonds is 2. The van der Waals surface area contributed by atoms with Crippen LogP contribution in [0.2, 0.25) is 10.0 Å². The van der Waals surface area contributed by atoms with Gasteiger partial charge in [0.05, 0.1) is 15.6 Å². The van der Waals surface area contributed by atoms with Crippen molar-refractivity contribution in [2.45, 2.75) is 33.1 Å². The number of nitrogens with one attached hydrogen (secondary N) is 1. The minimum absolute atomic E-state index is 0.0130. The van der Waals surface area contributed by atoms with Gasteiger partial charge in [-0.2, -0.15) is 0 Å².